The SMILES string of the molecule is CCOc1cc(-c2cc(N3CCOCC3C(C)C)nc(NC)n2)cc2[nH]nc(N)c12. The number of rotatable bonds is 6. The first-order valence-electron chi connectivity index (χ1n) is 10.3. The first kappa shape index (κ1) is 20.2. The summed E-state index contributed by atoms with van der Waals surface area (Å²) in [5.41, 5.74) is 8.55. The zero-order valence-electron chi connectivity index (χ0n) is 17.9. The number of nitrogens with two attached hydrogens (primary N) is 1. The summed E-state index contributed by atoms with van der Waals surface area (Å²) in [7, 11) is 1.83. The lowest BCUT2D eigenvalue weighted by Gasteiger charge is -2.39. The average Bonchev–Trinajstić information content (AvgIpc) is 3.14. The second kappa shape index (κ2) is 8.35. The summed E-state index contributed by atoms with van der Waals surface area (Å²) in [6, 6.07) is 6.24. The van der Waals surface area contributed by atoms with Crippen molar-refractivity contribution in [1.29, 1.82) is 0 Å². The number of nitrogens with one attached hydrogen (secondary N) is 2. The quantitative estimate of drug-likeness (QED) is 0.567. The molecule has 0 amide bonds. The highest BCUT2D eigenvalue weighted by Crippen LogP contribution is 2.35. The Balaban J connectivity index is 1.82. The molecule has 30 heavy (non-hydrogen) atoms. The number of benzene rings is 1. The van der Waals surface area contributed by atoms with Crippen molar-refractivity contribution >= 4 is 28.5 Å². The zero-order valence-corrected chi connectivity index (χ0v) is 17.9. The second-order valence-corrected chi connectivity index (χ2v) is 7.70. The molecule has 0 bridgehead atoms. The van der Waals surface area contributed by atoms with Crippen molar-refractivity contribution in [2.75, 3.05) is 49.4 Å². The molecule has 3 heterocycles. The van der Waals surface area contributed by atoms with Gasteiger partial charge in [-0.3, -0.25) is 5.10 Å². The van der Waals surface area contributed by atoms with E-state index < -0.39 is 0 Å². The maximum absolute atomic E-state index is 6.03. The van der Waals surface area contributed by atoms with Gasteiger partial charge in [-0.25, -0.2) is 4.98 Å². The number of aromatic amines is 1. The smallest absolute Gasteiger partial charge is 0.224 e. The van der Waals surface area contributed by atoms with Crippen LogP contribution in [0.4, 0.5) is 17.6 Å². The fourth-order valence-electron chi connectivity index (χ4n) is 3.86. The summed E-state index contributed by atoms with van der Waals surface area (Å²) < 4.78 is 11.6. The van der Waals surface area contributed by atoms with Gasteiger partial charge in [-0.2, -0.15) is 10.1 Å². The van der Waals surface area contributed by atoms with Crippen LogP contribution in [0.1, 0.15) is 20.8 Å². The number of nitrogens with zero attached hydrogens (tertiary/aromatic N) is 4. The molecule has 160 valence electrons. The van der Waals surface area contributed by atoms with Gasteiger partial charge < -0.3 is 25.4 Å². The van der Waals surface area contributed by atoms with Crippen LogP contribution in [0.3, 0.4) is 0 Å². The number of hydrogen-bond donors (Lipinski definition) is 3. The minimum atomic E-state index is 0.264. The molecule has 1 unspecified atom stereocenters. The molecule has 0 saturated carbocycles. The van der Waals surface area contributed by atoms with E-state index in [0.29, 0.717) is 43.3 Å². The summed E-state index contributed by atoms with van der Waals surface area (Å²) in [6.45, 7) is 9.07. The molecule has 0 spiro atoms. The number of ether oxygens (including phenoxy) is 2. The van der Waals surface area contributed by atoms with E-state index in [1.807, 2.05) is 32.2 Å². The van der Waals surface area contributed by atoms with Crippen LogP contribution in [0.2, 0.25) is 0 Å². The Morgan fingerprint density at radius 1 is 1.33 bits per heavy atom. The van der Waals surface area contributed by atoms with Gasteiger partial charge in [0.15, 0.2) is 5.82 Å². The number of anilines is 3. The highest BCUT2D eigenvalue weighted by Gasteiger charge is 2.28. The molecule has 1 aliphatic heterocycles. The van der Waals surface area contributed by atoms with Crippen molar-refractivity contribution in [3.05, 3.63) is 18.2 Å². The van der Waals surface area contributed by atoms with E-state index in [1.165, 1.54) is 0 Å². The van der Waals surface area contributed by atoms with Gasteiger partial charge in [-0.05, 0) is 25.0 Å². The van der Waals surface area contributed by atoms with Crippen molar-refractivity contribution in [2.24, 2.45) is 5.92 Å². The largest absolute Gasteiger partial charge is 0.493 e. The zero-order chi connectivity index (χ0) is 21.3. The maximum Gasteiger partial charge on any atom is 0.224 e. The molecule has 9 nitrogen and oxygen atoms in total. The van der Waals surface area contributed by atoms with Crippen molar-refractivity contribution in [3.63, 3.8) is 0 Å². The van der Waals surface area contributed by atoms with Crippen LogP contribution in [0, 0.1) is 5.92 Å². The molecule has 1 fully saturated rings. The van der Waals surface area contributed by atoms with E-state index in [2.05, 4.69) is 34.3 Å². The van der Waals surface area contributed by atoms with Gasteiger partial charge in [-0.1, -0.05) is 13.8 Å². The fraction of sp³-hybridized carbons (Fsp3) is 0.476. The molecular formula is C21H29N7O2. The minimum absolute atomic E-state index is 0.264. The lowest BCUT2D eigenvalue weighted by Crippen LogP contribution is -2.48. The third kappa shape index (κ3) is 3.72. The molecule has 4 rings (SSSR count). The van der Waals surface area contributed by atoms with Gasteiger partial charge in [0, 0.05) is 25.2 Å². The lowest BCUT2D eigenvalue weighted by molar-refractivity contribution is 0.0802. The Kier molecular flexibility index (Phi) is 5.63. The number of aromatic nitrogens is 4. The van der Waals surface area contributed by atoms with Crippen LogP contribution < -0.4 is 20.7 Å². The standard InChI is InChI=1S/C21H29N7O2/c1-5-30-17-9-13(8-15-19(17)20(22)27-26-15)14-10-18(25-21(23-4)24-14)28-6-7-29-11-16(28)12(2)3/h8-10,12,16H,5-7,11H2,1-4H3,(H3,22,26,27)(H,23,24,25). The van der Waals surface area contributed by atoms with Crippen LogP contribution >= 0.6 is 0 Å². The molecule has 1 saturated heterocycles. The summed E-state index contributed by atoms with van der Waals surface area (Å²) in [5, 5.41) is 11.0. The Bertz CT molecular complexity index is 1030. The topological polar surface area (TPSA) is 114 Å². The predicted molar refractivity (Wildman–Crippen MR) is 119 cm³/mol. The lowest BCUT2D eigenvalue weighted by atomic mass is 10.0. The van der Waals surface area contributed by atoms with E-state index in [9.17, 15) is 0 Å². The number of hydrogen-bond acceptors (Lipinski definition) is 8. The highest BCUT2D eigenvalue weighted by atomic mass is 16.5. The van der Waals surface area contributed by atoms with Gasteiger partial charge in [0.25, 0.3) is 0 Å². The highest BCUT2D eigenvalue weighted by molar-refractivity contribution is 5.97. The third-order valence-corrected chi connectivity index (χ3v) is 5.42. The molecule has 1 aliphatic rings. The molecule has 2 aromatic heterocycles. The van der Waals surface area contributed by atoms with E-state index >= 15 is 0 Å². The van der Waals surface area contributed by atoms with Gasteiger partial charge in [0.1, 0.15) is 11.6 Å². The predicted octanol–water partition coefficient (Wildman–Crippen LogP) is 2.90. The number of H-pyrrole nitrogens is 1. The first-order chi connectivity index (χ1) is 14.5. The molecule has 3 aromatic rings. The number of nitrogen functional groups attached to an aromatic ring is 1. The van der Waals surface area contributed by atoms with Gasteiger partial charge >= 0.3 is 0 Å². The van der Waals surface area contributed by atoms with Crippen LogP contribution in [0.5, 0.6) is 5.75 Å². The van der Waals surface area contributed by atoms with Gasteiger partial charge in [0.2, 0.25) is 5.95 Å². The van der Waals surface area contributed by atoms with E-state index in [4.69, 9.17) is 25.2 Å². The molecule has 4 N–H and O–H groups in total. The summed E-state index contributed by atoms with van der Waals surface area (Å²) >= 11 is 0. The Morgan fingerprint density at radius 2 is 2.17 bits per heavy atom. The van der Waals surface area contributed by atoms with E-state index in [0.717, 1.165) is 34.5 Å². The van der Waals surface area contributed by atoms with Gasteiger partial charge in [0.05, 0.1) is 42.5 Å². The van der Waals surface area contributed by atoms with Crippen LogP contribution in [0.25, 0.3) is 22.2 Å². The third-order valence-electron chi connectivity index (χ3n) is 5.42. The van der Waals surface area contributed by atoms with Crippen molar-refractivity contribution in [3.8, 4) is 17.0 Å². The summed E-state index contributed by atoms with van der Waals surface area (Å²) in [5.74, 6) is 3.00. The van der Waals surface area contributed by atoms with E-state index in [-0.39, 0.29) is 6.04 Å². The molecule has 0 aliphatic carbocycles. The van der Waals surface area contributed by atoms with Crippen LogP contribution in [-0.4, -0.2) is 59.6 Å². The van der Waals surface area contributed by atoms with Crippen LogP contribution in [0.15, 0.2) is 18.2 Å². The maximum atomic E-state index is 6.03. The Labute approximate surface area is 176 Å². The molecule has 1 aromatic carbocycles. The summed E-state index contributed by atoms with van der Waals surface area (Å²) in [6.07, 6.45) is 0. The Morgan fingerprint density at radius 3 is 2.90 bits per heavy atom. The van der Waals surface area contributed by atoms with Crippen molar-refractivity contribution in [1.82, 2.24) is 20.2 Å². The van der Waals surface area contributed by atoms with Crippen LogP contribution in [-0.2, 0) is 4.74 Å². The first-order valence-corrected chi connectivity index (χ1v) is 10.3. The molecule has 0 radical (unpaired) electrons. The molecular weight excluding hydrogens is 382 g/mol. The number of fused-ring (bicyclic) bond motifs is 1. The van der Waals surface area contributed by atoms with Crippen molar-refractivity contribution in [2.45, 2.75) is 26.8 Å². The second-order valence-electron chi connectivity index (χ2n) is 7.70. The fourth-order valence-corrected chi connectivity index (χ4v) is 3.86. The molecule has 1 atom stereocenters. The molecule has 9 heteroatoms. The van der Waals surface area contributed by atoms with Gasteiger partial charge in [-0.15, -0.1) is 0 Å². The number of morpholine rings is 1. The normalized spacial score (nSPS) is 17.0. The van der Waals surface area contributed by atoms with Crippen molar-refractivity contribution < 1.29 is 9.47 Å². The summed E-state index contributed by atoms with van der Waals surface area (Å²) in [4.78, 5) is 11.8. The Hall–Kier alpha value is -3.07. The monoisotopic (exact) mass is 411 g/mol. The van der Waals surface area contributed by atoms with E-state index in [1.54, 1.807) is 0 Å². The average molecular weight is 412 g/mol. The minimum Gasteiger partial charge on any atom is -0.493 e.